The van der Waals surface area contributed by atoms with Gasteiger partial charge in [-0.05, 0) is 37.3 Å². The summed E-state index contributed by atoms with van der Waals surface area (Å²) in [6.07, 6.45) is -4.55. The number of fused-ring (bicyclic) bond motifs is 1. The van der Waals surface area contributed by atoms with Crippen molar-refractivity contribution in [3.8, 4) is 5.69 Å². The van der Waals surface area contributed by atoms with Gasteiger partial charge in [0.1, 0.15) is 5.82 Å². The Morgan fingerprint density at radius 3 is 2.50 bits per heavy atom. The topological polar surface area (TPSA) is 47.4 Å². The molecule has 0 radical (unpaired) electrons. The van der Waals surface area contributed by atoms with E-state index in [2.05, 4.69) is 4.98 Å². The monoisotopic (exact) mass is 389 g/mol. The first-order valence-electron chi connectivity index (χ1n) is 8.89. The van der Waals surface area contributed by atoms with Crippen LogP contribution in [0, 0.1) is 6.92 Å². The van der Waals surface area contributed by atoms with Crippen LogP contribution in [0.3, 0.4) is 0 Å². The predicted molar refractivity (Wildman–Crippen MR) is 100 cm³/mol. The van der Waals surface area contributed by atoms with Gasteiger partial charge in [0.2, 0.25) is 0 Å². The minimum atomic E-state index is -4.55. The van der Waals surface area contributed by atoms with Crippen molar-refractivity contribution in [3.63, 3.8) is 0 Å². The van der Waals surface area contributed by atoms with Crippen LogP contribution in [0.4, 0.5) is 18.9 Å². The van der Waals surface area contributed by atoms with E-state index in [1.54, 1.807) is 36.1 Å². The number of hydrogen-bond acceptors (Lipinski definition) is 4. The number of aryl methyl sites for hydroxylation is 1. The molecule has 0 N–H and O–H groups in total. The summed E-state index contributed by atoms with van der Waals surface area (Å²) in [6.45, 7) is 3.15. The standard InChI is InChI=1S/C20H18F3N3O2/c1-13-24-17-5-3-2-4-15(17)19(27)26(13)14-6-7-18(16(12-14)20(21,22)23)25-8-10-28-11-9-25/h2-7,12H,8-11H2,1H3. The number of rotatable bonds is 2. The summed E-state index contributed by atoms with van der Waals surface area (Å²) in [5, 5.41) is 0.360. The largest absolute Gasteiger partial charge is 0.418 e. The van der Waals surface area contributed by atoms with Crippen molar-refractivity contribution in [2.24, 2.45) is 0 Å². The van der Waals surface area contributed by atoms with E-state index in [0.717, 1.165) is 6.07 Å². The first-order chi connectivity index (χ1) is 13.4. The third kappa shape index (κ3) is 3.24. The third-order valence-electron chi connectivity index (χ3n) is 4.84. The Morgan fingerprint density at radius 1 is 1.07 bits per heavy atom. The zero-order valence-electron chi connectivity index (χ0n) is 15.2. The van der Waals surface area contributed by atoms with E-state index in [1.165, 1.54) is 16.7 Å². The van der Waals surface area contributed by atoms with Crippen LogP contribution in [0.5, 0.6) is 0 Å². The fourth-order valence-corrected chi connectivity index (χ4v) is 3.52. The number of nitrogens with zero attached hydrogens (tertiary/aromatic N) is 3. The predicted octanol–water partition coefficient (Wildman–Crippen LogP) is 3.55. The average molecular weight is 389 g/mol. The second-order valence-corrected chi connectivity index (χ2v) is 6.62. The van der Waals surface area contributed by atoms with Crippen molar-refractivity contribution in [3.05, 3.63) is 64.2 Å². The SMILES string of the molecule is Cc1nc2ccccc2c(=O)n1-c1ccc(N2CCOCC2)c(C(F)(F)F)c1. The summed E-state index contributed by atoms with van der Waals surface area (Å²) < 4.78 is 47.8. The highest BCUT2D eigenvalue weighted by Crippen LogP contribution is 2.38. The van der Waals surface area contributed by atoms with Crippen molar-refractivity contribution in [1.29, 1.82) is 0 Å². The molecule has 1 aliphatic heterocycles. The van der Waals surface area contributed by atoms with Gasteiger partial charge in [-0.3, -0.25) is 9.36 Å². The fraction of sp³-hybridized carbons (Fsp3) is 0.300. The highest BCUT2D eigenvalue weighted by atomic mass is 19.4. The van der Waals surface area contributed by atoms with Crippen LogP contribution in [0.15, 0.2) is 47.3 Å². The second kappa shape index (κ2) is 6.94. The summed E-state index contributed by atoms with van der Waals surface area (Å²) in [6, 6.07) is 10.8. The lowest BCUT2D eigenvalue weighted by Crippen LogP contribution is -2.37. The summed E-state index contributed by atoms with van der Waals surface area (Å²) in [4.78, 5) is 18.9. The van der Waals surface area contributed by atoms with Crippen molar-refractivity contribution < 1.29 is 17.9 Å². The zero-order valence-corrected chi connectivity index (χ0v) is 15.2. The highest BCUT2D eigenvalue weighted by Gasteiger charge is 2.36. The molecule has 0 unspecified atom stereocenters. The molecule has 0 saturated carbocycles. The van der Waals surface area contributed by atoms with Crippen molar-refractivity contribution in [2.45, 2.75) is 13.1 Å². The Labute approximate surface area is 159 Å². The van der Waals surface area contributed by atoms with E-state index < -0.39 is 17.3 Å². The maximum atomic E-state index is 13.8. The van der Waals surface area contributed by atoms with Crippen molar-refractivity contribution in [1.82, 2.24) is 9.55 Å². The average Bonchev–Trinajstić information content (AvgIpc) is 2.68. The highest BCUT2D eigenvalue weighted by molar-refractivity contribution is 5.78. The number of ether oxygens (including phenoxy) is 1. The Balaban J connectivity index is 1.90. The lowest BCUT2D eigenvalue weighted by Gasteiger charge is -2.31. The zero-order chi connectivity index (χ0) is 19.9. The van der Waals surface area contributed by atoms with E-state index in [1.807, 2.05) is 0 Å². The van der Waals surface area contributed by atoms with Gasteiger partial charge in [-0.25, -0.2) is 4.98 Å². The Kier molecular flexibility index (Phi) is 4.58. The number of para-hydroxylation sites is 1. The van der Waals surface area contributed by atoms with Crippen LogP contribution in [0.25, 0.3) is 16.6 Å². The van der Waals surface area contributed by atoms with E-state index in [4.69, 9.17) is 4.74 Å². The smallest absolute Gasteiger partial charge is 0.378 e. The lowest BCUT2D eigenvalue weighted by atomic mass is 10.1. The number of aromatic nitrogens is 2. The minimum Gasteiger partial charge on any atom is -0.378 e. The fourth-order valence-electron chi connectivity index (χ4n) is 3.52. The molecule has 0 spiro atoms. The van der Waals surface area contributed by atoms with Crippen LogP contribution >= 0.6 is 0 Å². The summed E-state index contributed by atoms with van der Waals surface area (Å²) in [5.41, 5.74) is -0.409. The second-order valence-electron chi connectivity index (χ2n) is 6.62. The van der Waals surface area contributed by atoms with E-state index >= 15 is 0 Å². The molecule has 4 rings (SSSR count). The number of benzene rings is 2. The van der Waals surface area contributed by atoms with Crippen molar-refractivity contribution in [2.75, 3.05) is 31.2 Å². The van der Waals surface area contributed by atoms with Crippen LogP contribution in [0.2, 0.25) is 0 Å². The van der Waals surface area contributed by atoms with Gasteiger partial charge in [0, 0.05) is 18.8 Å². The molecular weight excluding hydrogens is 371 g/mol. The first-order valence-corrected chi connectivity index (χ1v) is 8.89. The van der Waals surface area contributed by atoms with E-state index in [-0.39, 0.29) is 11.4 Å². The molecule has 2 aromatic carbocycles. The molecule has 1 aromatic heterocycles. The Bertz CT molecular complexity index is 1090. The quantitative estimate of drug-likeness (QED) is 0.673. The van der Waals surface area contributed by atoms with Gasteiger partial charge in [0.25, 0.3) is 5.56 Å². The minimum absolute atomic E-state index is 0.0963. The van der Waals surface area contributed by atoms with Gasteiger partial charge < -0.3 is 9.64 Å². The van der Waals surface area contributed by atoms with Gasteiger partial charge in [-0.1, -0.05) is 12.1 Å². The number of alkyl halides is 3. The maximum Gasteiger partial charge on any atom is 0.418 e. The molecule has 0 amide bonds. The molecule has 0 aliphatic carbocycles. The van der Waals surface area contributed by atoms with Gasteiger partial charge >= 0.3 is 6.18 Å². The molecule has 8 heteroatoms. The molecule has 0 bridgehead atoms. The Morgan fingerprint density at radius 2 is 1.79 bits per heavy atom. The van der Waals surface area contributed by atoms with Gasteiger partial charge in [0.05, 0.1) is 35.4 Å². The molecule has 146 valence electrons. The van der Waals surface area contributed by atoms with Gasteiger partial charge in [0.15, 0.2) is 0 Å². The molecule has 1 saturated heterocycles. The molecule has 1 aliphatic rings. The van der Waals surface area contributed by atoms with E-state index in [0.29, 0.717) is 43.0 Å². The van der Waals surface area contributed by atoms with Gasteiger partial charge in [-0.2, -0.15) is 13.2 Å². The van der Waals surface area contributed by atoms with Gasteiger partial charge in [-0.15, -0.1) is 0 Å². The molecule has 2 heterocycles. The number of anilines is 1. The normalized spacial score (nSPS) is 15.2. The number of morpholine rings is 1. The Hall–Kier alpha value is -2.87. The van der Waals surface area contributed by atoms with Crippen molar-refractivity contribution >= 4 is 16.6 Å². The van der Waals surface area contributed by atoms with Crippen LogP contribution in [-0.2, 0) is 10.9 Å². The van der Waals surface area contributed by atoms with Crippen LogP contribution in [0.1, 0.15) is 11.4 Å². The maximum absolute atomic E-state index is 13.8. The summed E-state index contributed by atoms with van der Waals surface area (Å²) in [5.74, 6) is 0.330. The third-order valence-corrected chi connectivity index (χ3v) is 4.84. The van der Waals surface area contributed by atoms with Crippen LogP contribution < -0.4 is 10.5 Å². The molecule has 1 fully saturated rings. The number of halogens is 3. The molecule has 5 nitrogen and oxygen atoms in total. The molecule has 0 atom stereocenters. The summed E-state index contributed by atoms with van der Waals surface area (Å²) in [7, 11) is 0. The first kappa shape index (κ1) is 18.5. The molecule has 28 heavy (non-hydrogen) atoms. The van der Waals surface area contributed by atoms with Crippen LogP contribution in [-0.4, -0.2) is 35.9 Å². The molecule has 3 aromatic rings. The van der Waals surface area contributed by atoms with E-state index in [9.17, 15) is 18.0 Å². The lowest BCUT2D eigenvalue weighted by molar-refractivity contribution is -0.137. The number of hydrogen-bond donors (Lipinski definition) is 0. The molecular formula is C20H18F3N3O2. The summed E-state index contributed by atoms with van der Waals surface area (Å²) >= 11 is 0.